The zero-order chi connectivity index (χ0) is 20.8. The molecule has 3 aromatic rings. The molecule has 29 heavy (non-hydrogen) atoms. The number of carbonyl (C=O) groups is 2. The smallest absolute Gasteiger partial charge is 0.257 e. The lowest BCUT2D eigenvalue weighted by atomic mass is 10.1. The highest BCUT2D eigenvalue weighted by Crippen LogP contribution is 2.21. The lowest BCUT2D eigenvalue weighted by Crippen LogP contribution is -2.19. The predicted octanol–water partition coefficient (Wildman–Crippen LogP) is 3.98. The summed E-state index contributed by atoms with van der Waals surface area (Å²) in [5, 5.41) is 14.0. The largest absolute Gasteiger partial charge is 0.325 e. The van der Waals surface area contributed by atoms with Crippen LogP contribution in [0.15, 0.2) is 60.0 Å². The molecular formula is C20H20FN5O2S. The summed E-state index contributed by atoms with van der Waals surface area (Å²) in [6, 6.07) is 12.3. The molecule has 2 aromatic carbocycles. The molecule has 0 aliphatic carbocycles. The number of amides is 2. The van der Waals surface area contributed by atoms with Gasteiger partial charge in [0.15, 0.2) is 5.16 Å². The Morgan fingerprint density at radius 1 is 1.10 bits per heavy atom. The molecule has 0 bridgehead atoms. The highest BCUT2D eigenvalue weighted by atomic mass is 32.2. The standard InChI is InChI=1S/C20H20FN5O2S/c1-13(2)26-12-22-25-20(26)29-11-18(27)24-17-6-4-3-5-16(17)19(28)23-15-9-7-14(21)8-10-15/h3-10,12-13H,11H2,1-2H3,(H,23,28)(H,24,27). The number of nitrogens with zero attached hydrogens (tertiary/aromatic N) is 3. The molecule has 1 aromatic heterocycles. The van der Waals surface area contributed by atoms with E-state index >= 15 is 0 Å². The van der Waals surface area contributed by atoms with Crippen molar-refractivity contribution in [2.45, 2.75) is 25.0 Å². The van der Waals surface area contributed by atoms with Gasteiger partial charge in [-0.05, 0) is 50.2 Å². The van der Waals surface area contributed by atoms with Crippen molar-refractivity contribution >= 4 is 35.0 Å². The maximum Gasteiger partial charge on any atom is 0.257 e. The van der Waals surface area contributed by atoms with Gasteiger partial charge in [-0.25, -0.2) is 4.39 Å². The number of aromatic nitrogens is 3. The van der Waals surface area contributed by atoms with E-state index in [-0.39, 0.29) is 23.5 Å². The summed E-state index contributed by atoms with van der Waals surface area (Å²) in [6.07, 6.45) is 1.62. The molecule has 9 heteroatoms. The number of hydrogen-bond donors (Lipinski definition) is 2. The number of halogens is 1. The third-order valence-electron chi connectivity index (χ3n) is 3.98. The Hall–Kier alpha value is -3.20. The number of nitrogens with one attached hydrogen (secondary N) is 2. The molecule has 3 rings (SSSR count). The first-order valence-corrected chi connectivity index (χ1v) is 9.90. The van der Waals surface area contributed by atoms with E-state index in [2.05, 4.69) is 20.8 Å². The number of benzene rings is 2. The van der Waals surface area contributed by atoms with Gasteiger partial charge < -0.3 is 15.2 Å². The number of hydrogen-bond acceptors (Lipinski definition) is 5. The summed E-state index contributed by atoms with van der Waals surface area (Å²) in [4.78, 5) is 25.0. The molecule has 2 amide bonds. The number of anilines is 2. The fourth-order valence-corrected chi connectivity index (χ4v) is 3.37. The molecule has 2 N–H and O–H groups in total. The van der Waals surface area contributed by atoms with Gasteiger partial charge in [-0.2, -0.15) is 0 Å². The molecule has 7 nitrogen and oxygen atoms in total. The quantitative estimate of drug-likeness (QED) is 0.572. The second kappa shape index (κ2) is 9.33. The zero-order valence-electron chi connectivity index (χ0n) is 15.9. The van der Waals surface area contributed by atoms with E-state index in [1.807, 2.05) is 18.4 Å². The van der Waals surface area contributed by atoms with E-state index in [1.54, 1.807) is 30.6 Å². The van der Waals surface area contributed by atoms with Crippen molar-refractivity contribution in [1.82, 2.24) is 14.8 Å². The second-order valence-electron chi connectivity index (χ2n) is 6.46. The maximum atomic E-state index is 13.0. The van der Waals surface area contributed by atoms with E-state index in [0.717, 1.165) is 0 Å². The summed E-state index contributed by atoms with van der Waals surface area (Å²) >= 11 is 1.27. The Kier molecular flexibility index (Phi) is 6.61. The number of thioether (sulfide) groups is 1. The molecule has 0 aliphatic rings. The molecule has 0 unspecified atom stereocenters. The monoisotopic (exact) mass is 413 g/mol. The van der Waals surface area contributed by atoms with Gasteiger partial charge in [0.2, 0.25) is 5.91 Å². The normalized spacial score (nSPS) is 10.8. The summed E-state index contributed by atoms with van der Waals surface area (Å²) in [5.74, 6) is -0.934. The Morgan fingerprint density at radius 3 is 2.55 bits per heavy atom. The summed E-state index contributed by atoms with van der Waals surface area (Å²) in [7, 11) is 0. The van der Waals surface area contributed by atoms with E-state index in [1.165, 1.54) is 36.0 Å². The van der Waals surface area contributed by atoms with Crippen LogP contribution in [0, 0.1) is 5.82 Å². The lowest BCUT2D eigenvalue weighted by molar-refractivity contribution is -0.113. The minimum absolute atomic E-state index is 0.124. The van der Waals surface area contributed by atoms with Crippen molar-refractivity contribution in [3.05, 3.63) is 66.2 Å². The first kappa shape index (κ1) is 20.5. The van der Waals surface area contributed by atoms with Gasteiger partial charge in [-0.15, -0.1) is 10.2 Å². The van der Waals surface area contributed by atoms with Crippen LogP contribution in [0.1, 0.15) is 30.2 Å². The molecule has 0 fully saturated rings. The second-order valence-corrected chi connectivity index (χ2v) is 7.40. The van der Waals surface area contributed by atoms with E-state index in [9.17, 15) is 14.0 Å². The van der Waals surface area contributed by atoms with Crippen LogP contribution < -0.4 is 10.6 Å². The topological polar surface area (TPSA) is 88.9 Å². The molecule has 150 valence electrons. The van der Waals surface area contributed by atoms with Crippen LogP contribution in [0.2, 0.25) is 0 Å². The molecular weight excluding hydrogens is 393 g/mol. The van der Waals surface area contributed by atoms with E-state index in [0.29, 0.717) is 22.1 Å². The van der Waals surface area contributed by atoms with Gasteiger partial charge in [0, 0.05) is 11.7 Å². The fraction of sp³-hybridized carbons (Fsp3) is 0.200. The number of rotatable bonds is 7. The third kappa shape index (κ3) is 5.41. The maximum absolute atomic E-state index is 13.0. The molecule has 0 atom stereocenters. The van der Waals surface area contributed by atoms with Crippen LogP contribution in [0.3, 0.4) is 0 Å². The van der Waals surface area contributed by atoms with Crippen LogP contribution in [-0.2, 0) is 4.79 Å². The molecule has 0 radical (unpaired) electrons. The van der Waals surface area contributed by atoms with Crippen molar-refractivity contribution in [3.63, 3.8) is 0 Å². The first-order chi connectivity index (χ1) is 13.9. The van der Waals surface area contributed by atoms with Crippen molar-refractivity contribution in [1.29, 1.82) is 0 Å². The summed E-state index contributed by atoms with van der Waals surface area (Å²) in [6.45, 7) is 4.01. The predicted molar refractivity (Wildman–Crippen MR) is 111 cm³/mol. The summed E-state index contributed by atoms with van der Waals surface area (Å²) in [5.41, 5.74) is 1.16. The van der Waals surface area contributed by atoms with Crippen molar-refractivity contribution in [2.75, 3.05) is 16.4 Å². The van der Waals surface area contributed by atoms with Gasteiger partial charge in [0.25, 0.3) is 5.91 Å². The molecule has 1 heterocycles. The average molecular weight is 413 g/mol. The van der Waals surface area contributed by atoms with Crippen LogP contribution in [0.4, 0.5) is 15.8 Å². The van der Waals surface area contributed by atoms with E-state index in [4.69, 9.17) is 0 Å². The van der Waals surface area contributed by atoms with Crippen LogP contribution >= 0.6 is 11.8 Å². The highest BCUT2D eigenvalue weighted by Gasteiger charge is 2.15. The SMILES string of the molecule is CC(C)n1cnnc1SCC(=O)Nc1ccccc1C(=O)Nc1ccc(F)cc1. The first-order valence-electron chi connectivity index (χ1n) is 8.92. The van der Waals surface area contributed by atoms with Gasteiger partial charge in [0.1, 0.15) is 12.1 Å². The molecule has 0 saturated carbocycles. The molecule has 0 aliphatic heterocycles. The van der Waals surface area contributed by atoms with Crippen LogP contribution in [-0.4, -0.2) is 32.3 Å². The third-order valence-corrected chi connectivity index (χ3v) is 4.93. The number of carbonyl (C=O) groups excluding carboxylic acids is 2. The van der Waals surface area contributed by atoms with Gasteiger partial charge in [-0.1, -0.05) is 23.9 Å². The van der Waals surface area contributed by atoms with Crippen molar-refractivity contribution in [3.8, 4) is 0 Å². The minimum atomic E-state index is -0.403. The average Bonchev–Trinajstić information content (AvgIpc) is 3.17. The Morgan fingerprint density at radius 2 is 1.83 bits per heavy atom. The van der Waals surface area contributed by atoms with Gasteiger partial charge in [0.05, 0.1) is 17.0 Å². The highest BCUT2D eigenvalue weighted by molar-refractivity contribution is 7.99. The van der Waals surface area contributed by atoms with Crippen LogP contribution in [0.25, 0.3) is 0 Å². The summed E-state index contributed by atoms with van der Waals surface area (Å²) < 4.78 is 14.9. The number of para-hydroxylation sites is 1. The van der Waals surface area contributed by atoms with Gasteiger partial charge >= 0.3 is 0 Å². The zero-order valence-corrected chi connectivity index (χ0v) is 16.7. The van der Waals surface area contributed by atoms with Crippen molar-refractivity contribution < 1.29 is 14.0 Å². The molecule has 0 spiro atoms. The fourth-order valence-electron chi connectivity index (χ4n) is 2.53. The lowest BCUT2D eigenvalue weighted by Gasteiger charge is -2.12. The Balaban J connectivity index is 1.65. The minimum Gasteiger partial charge on any atom is -0.325 e. The Bertz CT molecular complexity index is 1000. The van der Waals surface area contributed by atoms with Gasteiger partial charge in [-0.3, -0.25) is 9.59 Å². The Labute approximate surface area is 171 Å². The van der Waals surface area contributed by atoms with Crippen molar-refractivity contribution in [2.24, 2.45) is 0 Å². The van der Waals surface area contributed by atoms with Crippen LogP contribution in [0.5, 0.6) is 0 Å². The van der Waals surface area contributed by atoms with E-state index < -0.39 is 5.91 Å². The molecule has 0 saturated heterocycles.